The summed E-state index contributed by atoms with van der Waals surface area (Å²) >= 11 is 0. The van der Waals surface area contributed by atoms with Gasteiger partial charge in [-0.05, 0) is 28.0 Å². The van der Waals surface area contributed by atoms with Crippen molar-refractivity contribution < 1.29 is 4.43 Å². The molecule has 0 bridgehead atoms. The molecule has 0 N–H and O–H groups in total. The smallest absolute Gasteiger partial charge is 0.216 e. The zero-order valence-electron chi connectivity index (χ0n) is 23.8. The topological polar surface area (TPSA) is 9.23 Å². The van der Waals surface area contributed by atoms with Crippen molar-refractivity contribution in [3.63, 3.8) is 0 Å². The van der Waals surface area contributed by atoms with Crippen LogP contribution >= 0.6 is 0 Å². The fourth-order valence-electron chi connectivity index (χ4n) is 7.08. The first kappa shape index (κ1) is 29.0. The molecular weight excluding hydrogens is 461 g/mol. The van der Waals surface area contributed by atoms with Crippen LogP contribution < -0.4 is 0 Å². The summed E-state index contributed by atoms with van der Waals surface area (Å²) < 4.78 is 6.81. The van der Waals surface area contributed by atoms with Crippen LogP contribution in [-0.2, 0) is 4.43 Å². The number of allylic oxidation sites excluding steroid dienone is 2. The Balaban J connectivity index is 4.05. The Kier molecular flexibility index (Phi) is 8.37. The van der Waals surface area contributed by atoms with Gasteiger partial charge in [0.2, 0.25) is 8.32 Å². The highest BCUT2D eigenvalue weighted by Gasteiger charge is 2.65. The second-order valence-electron chi connectivity index (χ2n) is 15.7. The van der Waals surface area contributed by atoms with Crippen molar-refractivity contribution in [3.05, 3.63) is 11.3 Å². The van der Waals surface area contributed by atoms with E-state index in [1.54, 1.807) is 0 Å². The Morgan fingerprint density at radius 2 is 1.10 bits per heavy atom. The van der Waals surface area contributed by atoms with Gasteiger partial charge in [0.15, 0.2) is 0 Å². The Bertz CT molecular complexity index is 625. The fourth-order valence-corrected chi connectivity index (χ4v) is 46.6. The van der Waals surface area contributed by atoms with Crippen LogP contribution in [0, 0.1) is 0 Å². The van der Waals surface area contributed by atoms with Crippen LogP contribution in [-0.4, -0.2) is 55.8 Å². The van der Waals surface area contributed by atoms with Gasteiger partial charge in [-0.1, -0.05) is 109 Å². The molecule has 0 radical (unpaired) electrons. The largest absolute Gasteiger partial charge is 0.416 e. The maximum atomic E-state index is 6.81. The molecule has 1 heterocycles. The molecule has 0 amide bonds. The van der Waals surface area contributed by atoms with Gasteiger partial charge >= 0.3 is 0 Å². The van der Waals surface area contributed by atoms with Gasteiger partial charge in [-0.2, -0.15) is 0 Å². The zero-order chi connectivity index (χ0) is 24.3. The van der Waals surface area contributed by atoms with E-state index in [4.69, 9.17) is 4.43 Å². The second kappa shape index (κ2) is 8.65. The van der Waals surface area contributed by atoms with Crippen LogP contribution in [0.2, 0.25) is 126 Å². The summed E-state index contributed by atoms with van der Waals surface area (Å²) in [5.41, 5.74) is 1.73. The molecule has 7 heteroatoms. The first-order valence-electron chi connectivity index (χ1n) is 12.2. The first-order chi connectivity index (χ1) is 12.9. The maximum Gasteiger partial charge on any atom is 0.216 e. The van der Waals surface area contributed by atoms with Crippen LogP contribution in [0.4, 0.5) is 0 Å². The minimum absolute atomic E-state index is 0.827. The molecule has 1 rings (SSSR count). The highest BCUT2D eigenvalue weighted by Crippen LogP contribution is 2.67. The van der Waals surface area contributed by atoms with Gasteiger partial charge in [0.05, 0.1) is 8.07 Å². The lowest BCUT2D eigenvalue weighted by atomic mass is 10.3. The number of hydrogen-bond donors (Lipinski definition) is 0. The Morgan fingerprint density at radius 3 is 1.33 bits per heavy atom. The van der Waals surface area contributed by atoms with Crippen LogP contribution in [0.3, 0.4) is 0 Å². The summed E-state index contributed by atoms with van der Waals surface area (Å²) in [7, 11) is -6.63. The van der Waals surface area contributed by atoms with E-state index < -0.39 is 48.7 Å². The van der Waals surface area contributed by atoms with Crippen molar-refractivity contribution in [1.82, 2.24) is 0 Å². The standard InChI is InChI=1S/C23H56OSi6/c1-24-30(17)19(18-20(25(2,3)4)26(5,6)7)21(27(8,9)10)22(28(11,12)13)23(30)29(14,15)16/h18,20-23H,1-17H3/b19-18-. The van der Waals surface area contributed by atoms with Gasteiger partial charge in [0, 0.05) is 39.4 Å². The molecule has 1 aliphatic heterocycles. The van der Waals surface area contributed by atoms with E-state index in [0.29, 0.717) is 0 Å². The van der Waals surface area contributed by atoms with Crippen LogP contribution in [0.15, 0.2) is 11.3 Å². The lowest BCUT2D eigenvalue weighted by Gasteiger charge is -2.45. The van der Waals surface area contributed by atoms with Crippen molar-refractivity contribution in [1.29, 1.82) is 0 Å². The molecule has 0 aromatic rings. The Morgan fingerprint density at radius 1 is 0.700 bits per heavy atom. The Hall–Kier alpha value is 1.00. The monoisotopic (exact) mass is 516 g/mol. The minimum atomic E-state index is -1.98. The van der Waals surface area contributed by atoms with E-state index >= 15 is 0 Å². The Labute approximate surface area is 197 Å². The third-order valence-corrected chi connectivity index (χ3v) is 34.0. The molecule has 1 aliphatic rings. The molecule has 1 fully saturated rings. The fraction of sp³-hybridized carbons (Fsp3) is 0.913. The third-order valence-electron chi connectivity index (χ3n) is 7.72. The van der Waals surface area contributed by atoms with E-state index in [2.05, 4.69) is 118 Å². The van der Waals surface area contributed by atoms with Crippen molar-refractivity contribution in [3.8, 4) is 0 Å². The predicted octanol–water partition coefficient (Wildman–Crippen LogP) is 8.94. The molecule has 4 unspecified atom stereocenters. The van der Waals surface area contributed by atoms with Gasteiger partial charge in [-0.15, -0.1) is 0 Å². The van der Waals surface area contributed by atoms with E-state index in [9.17, 15) is 0 Å². The molecular formula is C23H56OSi6. The summed E-state index contributed by atoms with van der Waals surface area (Å²) in [6.07, 6.45) is 2.93. The zero-order valence-corrected chi connectivity index (χ0v) is 29.8. The van der Waals surface area contributed by atoms with Crippen LogP contribution in [0.25, 0.3) is 0 Å². The lowest BCUT2D eigenvalue weighted by molar-refractivity contribution is 0.405. The SMILES string of the molecule is CO[Si]1(C)/C(=C\C([Si](C)(C)C)[Si](C)(C)C)C([Si](C)(C)C)C([Si](C)(C)C)C1[Si](C)(C)C. The lowest BCUT2D eigenvalue weighted by Crippen LogP contribution is -2.51. The maximum absolute atomic E-state index is 6.81. The van der Waals surface area contributed by atoms with Crippen molar-refractivity contribution in [2.24, 2.45) is 0 Å². The predicted molar refractivity (Wildman–Crippen MR) is 158 cm³/mol. The molecule has 0 aromatic carbocycles. The van der Waals surface area contributed by atoms with Gasteiger partial charge in [-0.25, -0.2) is 0 Å². The van der Waals surface area contributed by atoms with Gasteiger partial charge < -0.3 is 4.43 Å². The summed E-state index contributed by atoms with van der Waals surface area (Å²) in [5, 5.41) is 3.58. The normalized spacial score (nSPS) is 31.1. The van der Waals surface area contributed by atoms with Gasteiger partial charge in [0.1, 0.15) is 0 Å². The van der Waals surface area contributed by atoms with E-state index in [0.717, 1.165) is 21.4 Å². The molecule has 0 aromatic heterocycles. The summed E-state index contributed by atoms with van der Waals surface area (Å²) in [4.78, 5) is 0. The molecule has 0 spiro atoms. The third kappa shape index (κ3) is 5.92. The molecule has 4 atom stereocenters. The van der Waals surface area contributed by atoms with Crippen molar-refractivity contribution in [2.45, 2.75) is 126 Å². The molecule has 0 aliphatic carbocycles. The summed E-state index contributed by atoms with van der Waals surface area (Å²) in [5.74, 6) is 0. The van der Waals surface area contributed by atoms with E-state index in [1.807, 2.05) is 5.20 Å². The second-order valence-corrected chi connectivity index (χ2v) is 47.5. The van der Waals surface area contributed by atoms with Crippen LogP contribution in [0.5, 0.6) is 0 Å². The summed E-state index contributed by atoms with van der Waals surface area (Å²) in [6, 6.07) is 0. The highest BCUT2D eigenvalue weighted by molar-refractivity contribution is 7.04. The molecule has 0 saturated carbocycles. The van der Waals surface area contributed by atoms with Crippen LogP contribution in [0.1, 0.15) is 0 Å². The average Bonchev–Trinajstić information content (AvgIpc) is 2.71. The first-order valence-corrected chi connectivity index (χ1v) is 32.5. The average molecular weight is 517 g/mol. The molecule has 30 heavy (non-hydrogen) atoms. The molecule has 1 saturated heterocycles. The quantitative estimate of drug-likeness (QED) is 0.307. The minimum Gasteiger partial charge on any atom is -0.416 e. The number of rotatable bonds is 7. The van der Waals surface area contributed by atoms with Gasteiger partial charge in [-0.3, -0.25) is 0 Å². The highest BCUT2D eigenvalue weighted by atomic mass is 28.4. The van der Waals surface area contributed by atoms with E-state index in [-0.39, 0.29) is 0 Å². The van der Waals surface area contributed by atoms with Gasteiger partial charge in [0.25, 0.3) is 0 Å². The number of hydrogen-bond acceptors (Lipinski definition) is 1. The molecule has 178 valence electrons. The van der Waals surface area contributed by atoms with Crippen molar-refractivity contribution >= 4 is 48.7 Å². The summed E-state index contributed by atoms with van der Waals surface area (Å²) in [6.45, 7) is 42.2. The van der Waals surface area contributed by atoms with Crippen molar-refractivity contribution in [2.75, 3.05) is 7.11 Å². The molecule has 1 nitrogen and oxygen atoms in total. The van der Waals surface area contributed by atoms with E-state index in [1.165, 1.54) is 0 Å².